The largest absolute Gasteiger partial charge is 0.484 e. The van der Waals surface area contributed by atoms with E-state index >= 15 is 0 Å². The normalized spacial score (nSPS) is 10.6. The molecule has 0 saturated carbocycles. The van der Waals surface area contributed by atoms with Crippen LogP contribution in [0.5, 0.6) is 5.75 Å². The van der Waals surface area contributed by atoms with Crippen LogP contribution in [0.2, 0.25) is 0 Å². The van der Waals surface area contributed by atoms with Crippen molar-refractivity contribution >= 4 is 17.3 Å². The number of aryl methyl sites for hydroxylation is 1. The van der Waals surface area contributed by atoms with Crippen molar-refractivity contribution in [1.29, 1.82) is 0 Å². The molecule has 0 atom stereocenters. The second kappa shape index (κ2) is 6.02. The Morgan fingerprint density at radius 1 is 1.45 bits per heavy atom. The standard InChI is InChI=1S/C14H12N2O5S/c1-8-5-10(12(22-8)14(17)18-2)20-7-11-15-13(21-16-11)9-3-4-19-6-9/h3-6H,7H2,1-2H3. The molecule has 0 spiro atoms. The zero-order valence-corrected chi connectivity index (χ0v) is 12.7. The first kappa shape index (κ1) is 14.3. The van der Waals surface area contributed by atoms with E-state index in [1.54, 1.807) is 12.1 Å². The Hall–Kier alpha value is -2.61. The fourth-order valence-electron chi connectivity index (χ4n) is 1.79. The van der Waals surface area contributed by atoms with Crippen LogP contribution in [0.25, 0.3) is 11.5 Å². The molecule has 0 bridgehead atoms. The van der Waals surface area contributed by atoms with Crippen LogP contribution in [-0.4, -0.2) is 23.2 Å². The minimum absolute atomic E-state index is 0.0848. The fourth-order valence-corrected chi connectivity index (χ4v) is 2.66. The molecule has 0 aliphatic heterocycles. The number of carbonyl (C=O) groups excluding carboxylic acids is 1. The van der Waals surface area contributed by atoms with Gasteiger partial charge in [0.25, 0.3) is 5.89 Å². The number of esters is 1. The molecule has 0 radical (unpaired) electrons. The molecule has 0 fully saturated rings. The highest BCUT2D eigenvalue weighted by atomic mass is 32.1. The van der Waals surface area contributed by atoms with Crippen molar-refractivity contribution < 1.29 is 23.2 Å². The maximum Gasteiger partial charge on any atom is 0.351 e. The van der Waals surface area contributed by atoms with Gasteiger partial charge in [0.05, 0.1) is 18.9 Å². The van der Waals surface area contributed by atoms with Crippen molar-refractivity contribution in [2.75, 3.05) is 7.11 Å². The molecule has 3 aromatic heterocycles. The number of furan rings is 1. The first-order chi connectivity index (χ1) is 10.7. The van der Waals surface area contributed by atoms with Crippen LogP contribution in [-0.2, 0) is 11.3 Å². The molecule has 0 unspecified atom stereocenters. The Kier molecular flexibility index (Phi) is 3.92. The number of aromatic nitrogens is 2. The Bertz CT molecular complexity index is 775. The van der Waals surface area contributed by atoms with Crippen molar-refractivity contribution in [3.8, 4) is 17.2 Å². The van der Waals surface area contributed by atoms with E-state index in [1.807, 2.05) is 6.92 Å². The molecule has 22 heavy (non-hydrogen) atoms. The Morgan fingerprint density at radius 2 is 2.32 bits per heavy atom. The number of carbonyl (C=O) groups is 1. The lowest BCUT2D eigenvalue weighted by Gasteiger charge is -2.03. The monoisotopic (exact) mass is 320 g/mol. The van der Waals surface area contributed by atoms with Gasteiger partial charge in [0, 0.05) is 4.88 Å². The van der Waals surface area contributed by atoms with E-state index in [9.17, 15) is 4.79 Å². The molecular formula is C14H12N2O5S. The minimum atomic E-state index is -0.430. The lowest BCUT2D eigenvalue weighted by Crippen LogP contribution is -2.03. The maximum atomic E-state index is 11.7. The van der Waals surface area contributed by atoms with Gasteiger partial charge in [-0.05, 0) is 19.1 Å². The van der Waals surface area contributed by atoms with Crippen LogP contribution >= 0.6 is 11.3 Å². The molecule has 0 aliphatic rings. The van der Waals surface area contributed by atoms with Gasteiger partial charge in [-0.1, -0.05) is 5.16 Å². The number of hydrogen-bond donors (Lipinski definition) is 0. The zero-order chi connectivity index (χ0) is 15.5. The highest BCUT2D eigenvalue weighted by Crippen LogP contribution is 2.30. The van der Waals surface area contributed by atoms with Gasteiger partial charge in [0.2, 0.25) is 5.82 Å². The van der Waals surface area contributed by atoms with E-state index in [0.717, 1.165) is 4.88 Å². The van der Waals surface area contributed by atoms with Gasteiger partial charge >= 0.3 is 5.97 Å². The first-order valence-electron chi connectivity index (χ1n) is 6.34. The van der Waals surface area contributed by atoms with E-state index in [1.165, 1.54) is 31.0 Å². The smallest absolute Gasteiger partial charge is 0.351 e. The van der Waals surface area contributed by atoms with Gasteiger partial charge in [-0.3, -0.25) is 0 Å². The number of methoxy groups -OCH3 is 1. The third-order valence-corrected chi connectivity index (χ3v) is 3.80. The fraction of sp³-hybridized carbons (Fsp3) is 0.214. The summed E-state index contributed by atoms with van der Waals surface area (Å²) in [5.41, 5.74) is 0.695. The number of hydrogen-bond acceptors (Lipinski definition) is 8. The Labute approximate surface area is 129 Å². The van der Waals surface area contributed by atoms with Crippen LogP contribution in [0, 0.1) is 6.92 Å². The lowest BCUT2D eigenvalue weighted by molar-refractivity contribution is 0.0601. The molecule has 3 aromatic rings. The number of nitrogens with zero attached hydrogens (tertiary/aromatic N) is 2. The van der Waals surface area contributed by atoms with Gasteiger partial charge in [0.15, 0.2) is 11.5 Å². The number of rotatable bonds is 5. The quantitative estimate of drug-likeness (QED) is 0.667. The summed E-state index contributed by atoms with van der Waals surface area (Å²) in [4.78, 5) is 17.2. The van der Waals surface area contributed by atoms with E-state index in [0.29, 0.717) is 27.9 Å². The minimum Gasteiger partial charge on any atom is -0.484 e. The SMILES string of the molecule is COC(=O)c1sc(C)cc1OCc1noc(-c2ccoc2)n1. The average Bonchev–Trinajstić information content (AvgIpc) is 3.24. The molecule has 7 nitrogen and oxygen atoms in total. The van der Waals surface area contributed by atoms with E-state index in [-0.39, 0.29) is 6.61 Å². The van der Waals surface area contributed by atoms with Gasteiger partial charge in [-0.25, -0.2) is 4.79 Å². The molecular weight excluding hydrogens is 308 g/mol. The molecule has 0 N–H and O–H groups in total. The first-order valence-corrected chi connectivity index (χ1v) is 7.15. The summed E-state index contributed by atoms with van der Waals surface area (Å²) in [5.74, 6) is 0.738. The van der Waals surface area contributed by atoms with Crippen molar-refractivity contribution in [2.24, 2.45) is 0 Å². The summed E-state index contributed by atoms with van der Waals surface area (Å²) in [5, 5.41) is 3.82. The molecule has 8 heteroatoms. The topological polar surface area (TPSA) is 87.6 Å². The van der Waals surface area contributed by atoms with E-state index < -0.39 is 5.97 Å². The second-order valence-corrected chi connectivity index (χ2v) is 5.61. The highest BCUT2D eigenvalue weighted by Gasteiger charge is 2.18. The summed E-state index contributed by atoms with van der Waals surface area (Å²) in [6.45, 7) is 1.97. The number of ether oxygens (including phenoxy) is 2. The third kappa shape index (κ3) is 2.86. The van der Waals surface area contributed by atoms with Crippen molar-refractivity contribution in [2.45, 2.75) is 13.5 Å². The van der Waals surface area contributed by atoms with Crippen LogP contribution in [0.1, 0.15) is 20.4 Å². The van der Waals surface area contributed by atoms with Crippen molar-refractivity contribution in [1.82, 2.24) is 10.1 Å². The van der Waals surface area contributed by atoms with Crippen molar-refractivity contribution in [3.63, 3.8) is 0 Å². The molecule has 0 aromatic carbocycles. The van der Waals surface area contributed by atoms with Gasteiger partial charge in [-0.15, -0.1) is 11.3 Å². The van der Waals surface area contributed by atoms with Gasteiger partial charge < -0.3 is 18.4 Å². The van der Waals surface area contributed by atoms with E-state index in [2.05, 4.69) is 10.1 Å². The van der Waals surface area contributed by atoms with Crippen LogP contribution in [0.3, 0.4) is 0 Å². The van der Waals surface area contributed by atoms with Crippen LogP contribution in [0.15, 0.2) is 33.6 Å². The summed E-state index contributed by atoms with van der Waals surface area (Å²) < 4.78 is 20.4. The molecule has 3 rings (SSSR count). The molecule has 0 aliphatic carbocycles. The van der Waals surface area contributed by atoms with Gasteiger partial charge in [-0.2, -0.15) is 4.98 Å². The summed E-state index contributed by atoms with van der Waals surface area (Å²) >= 11 is 1.31. The van der Waals surface area contributed by atoms with Crippen molar-refractivity contribution in [3.05, 3.63) is 40.2 Å². The number of thiophene rings is 1. The third-order valence-electron chi connectivity index (χ3n) is 2.78. The highest BCUT2D eigenvalue weighted by molar-refractivity contribution is 7.14. The van der Waals surface area contributed by atoms with Crippen LogP contribution < -0.4 is 4.74 Å². The van der Waals surface area contributed by atoms with E-state index in [4.69, 9.17) is 18.4 Å². The predicted molar refractivity (Wildman–Crippen MR) is 76.7 cm³/mol. The molecule has 0 amide bonds. The zero-order valence-electron chi connectivity index (χ0n) is 11.9. The average molecular weight is 320 g/mol. The predicted octanol–water partition coefficient (Wildman–Crippen LogP) is 3.07. The molecule has 3 heterocycles. The Balaban J connectivity index is 1.72. The molecule has 0 saturated heterocycles. The van der Waals surface area contributed by atoms with Gasteiger partial charge in [0.1, 0.15) is 12.0 Å². The summed E-state index contributed by atoms with van der Waals surface area (Å²) in [6, 6.07) is 3.49. The Morgan fingerprint density at radius 3 is 3.05 bits per heavy atom. The lowest BCUT2D eigenvalue weighted by atomic mass is 10.3. The second-order valence-electron chi connectivity index (χ2n) is 4.36. The summed E-state index contributed by atoms with van der Waals surface area (Å²) in [7, 11) is 1.33. The summed E-state index contributed by atoms with van der Waals surface area (Å²) in [6.07, 6.45) is 3.03. The molecule has 114 valence electrons. The maximum absolute atomic E-state index is 11.7. The van der Waals surface area contributed by atoms with Crippen LogP contribution in [0.4, 0.5) is 0 Å².